The zero-order chi connectivity index (χ0) is 18.6. The van der Waals surface area contributed by atoms with E-state index in [0.29, 0.717) is 19.0 Å². The number of amides is 1. The molecule has 0 spiro atoms. The van der Waals surface area contributed by atoms with Gasteiger partial charge in [-0.1, -0.05) is 0 Å². The van der Waals surface area contributed by atoms with Crippen molar-refractivity contribution in [3.8, 4) is 5.88 Å². The van der Waals surface area contributed by atoms with Crippen LogP contribution in [-0.4, -0.2) is 65.5 Å². The number of nitrogens with one attached hydrogen (secondary N) is 1. The van der Waals surface area contributed by atoms with Gasteiger partial charge in [0.15, 0.2) is 5.96 Å². The van der Waals surface area contributed by atoms with Gasteiger partial charge in [0, 0.05) is 38.4 Å². The predicted octanol–water partition coefficient (Wildman–Crippen LogP) is 1.50. The SMILES string of the molecule is CN=C(NCc1ccnc(OC)c1)N1CC(=O)N(C(C)C)C(C)(C)C1. The standard InChI is InChI=1S/C18H29N5O2/c1-13(2)23-16(24)11-22(12-18(23,3)4)17(19-5)21-10-14-7-8-20-15(9-14)25-6/h7-9,13H,10-12H2,1-6H3,(H,19,21). The number of aromatic nitrogens is 1. The van der Waals surface area contributed by atoms with E-state index in [4.69, 9.17) is 4.74 Å². The average molecular weight is 347 g/mol. The van der Waals surface area contributed by atoms with Gasteiger partial charge in [0.25, 0.3) is 0 Å². The molecule has 1 aliphatic rings. The molecule has 1 N–H and O–H groups in total. The number of pyridine rings is 1. The third-order valence-electron chi connectivity index (χ3n) is 4.31. The summed E-state index contributed by atoms with van der Waals surface area (Å²) in [6.45, 7) is 9.95. The van der Waals surface area contributed by atoms with E-state index in [1.54, 1.807) is 20.4 Å². The third-order valence-corrected chi connectivity index (χ3v) is 4.31. The molecule has 1 amide bonds. The van der Waals surface area contributed by atoms with Gasteiger partial charge >= 0.3 is 0 Å². The van der Waals surface area contributed by atoms with E-state index in [1.165, 1.54) is 0 Å². The molecule has 0 unspecified atom stereocenters. The molecular weight excluding hydrogens is 318 g/mol. The second-order valence-electron chi connectivity index (χ2n) is 7.13. The molecule has 0 aliphatic carbocycles. The molecule has 1 aliphatic heterocycles. The summed E-state index contributed by atoms with van der Waals surface area (Å²) in [5, 5.41) is 3.33. The minimum absolute atomic E-state index is 0.125. The number of ether oxygens (including phenoxy) is 1. The average Bonchev–Trinajstić information content (AvgIpc) is 2.53. The molecule has 25 heavy (non-hydrogen) atoms. The Balaban J connectivity index is 2.07. The van der Waals surface area contributed by atoms with Crippen molar-refractivity contribution < 1.29 is 9.53 Å². The number of carbonyl (C=O) groups is 1. The molecule has 1 fully saturated rings. The van der Waals surface area contributed by atoms with Gasteiger partial charge in [-0.15, -0.1) is 0 Å². The number of methoxy groups -OCH3 is 1. The molecule has 1 saturated heterocycles. The quantitative estimate of drug-likeness (QED) is 0.660. The zero-order valence-corrected chi connectivity index (χ0v) is 16.0. The van der Waals surface area contributed by atoms with Crippen LogP contribution < -0.4 is 10.1 Å². The van der Waals surface area contributed by atoms with Crippen LogP contribution in [0.25, 0.3) is 0 Å². The van der Waals surface area contributed by atoms with E-state index in [0.717, 1.165) is 18.1 Å². The van der Waals surface area contributed by atoms with Crippen LogP contribution in [-0.2, 0) is 11.3 Å². The van der Waals surface area contributed by atoms with E-state index < -0.39 is 0 Å². The van der Waals surface area contributed by atoms with Crippen molar-refractivity contribution in [1.82, 2.24) is 20.1 Å². The lowest BCUT2D eigenvalue weighted by Crippen LogP contribution is -2.66. The minimum Gasteiger partial charge on any atom is -0.481 e. The fourth-order valence-electron chi connectivity index (χ4n) is 3.50. The van der Waals surface area contributed by atoms with Crippen molar-refractivity contribution >= 4 is 11.9 Å². The lowest BCUT2D eigenvalue weighted by molar-refractivity contribution is -0.145. The highest BCUT2D eigenvalue weighted by molar-refractivity contribution is 5.88. The second-order valence-corrected chi connectivity index (χ2v) is 7.13. The molecule has 2 rings (SSSR count). The van der Waals surface area contributed by atoms with Crippen molar-refractivity contribution in [2.45, 2.75) is 45.8 Å². The number of guanidine groups is 1. The third kappa shape index (κ3) is 4.41. The van der Waals surface area contributed by atoms with Crippen LogP contribution in [0.5, 0.6) is 5.88 Å². The summed E-state index contributed by atoms with van der Waals surface area (Å²) in [6.07, 6.45) is 1.71. The molecule has 1 aromatic heterocycles. The largest absolute Gasteiger partial charge is 0.481 e. The van der Waals surface area contributed by atoms with Gasteiger partial charge < -0.3 is 19.9 Å². The maximum absolute atomic E-state index is 12.6. The van der Waals surface area contributed by atoms with Crippen LogP contribution in [0.3, 0.4) is 0 Å². The molecule has 1 aromatic rings. The van der Waals surface area contributed by atoms with Gasteiger partial charge in [-0.25, -0.2) is 4.98 Å². The molecule has 2 heterocycles. The van der Waals surface area contributed by atoms with E-state index in [9.17, 15) is 4.79 Å². The Hall–Kier alpha value is -2.31. The second kappa shape index (κ2) is 7.72. The van der Waals surface area contributed by atoms with Crippen molar-refractivity contribution in [2.75, 3.05) is 27.2 Å². The van der Waals surface area contributed by atoms with Crippen molar-refractivity contribution in [1.29, 1.82) is 0 Å². The van der Waals surface area contributed by atoms with E-state index >= 15 is 0 Å². The Morgan fingerprint density at radius 1 is 1.48 bits per heavy atom. The smallest absolute Gasteiger partial charge is 0.242 e. The predicted molar refractivity (Wildman–Crippen MR) is 98.6 cm³/mol. The number of nitrogens with zero attached hydrogens (tertiary/aromatic N) is 4. The number of piperazine rings is 1. The summed E-state index contributed by atoms with van der Waals surface area (Å²) >= 11 is 0. The first kappa shape index (κ1) is 19.0. The Morgan fingerprint density at radius 2 is 2.20 bits per heavy atom. The number of aliphatic imine (C=N–C) groups is 1. The van der Waals surface area contributed by atoms with Gasteiger partial charge in [0.05, 0.1) is 19.2 Å². The van der Waals surface area contributed by atoms with Gasteiger partial charge in [0.1, 0.15) is 0 Å². The van der Waals surface area contributed by atoms with Gasteiger partial charge in [-0.3, -0.25) is 9.79 Å². The fraction of sp³-hybridized carbons (Fsp3) is 0.611. The van der Waals surface area contributed by atoms with Crippen LogP contribution in [0.2, 0.25) is 0 Å². The molecule has 7 heteroatoms. The summed E-state index contributed by atoms with van der Waals surface area (Å²) in [7, 11) is 3.34. The maximum Gasteiger partial charge on any atom is 0.242 e. The van der Waals surface area contributed by atoms with Gasteiger partial charge in [-0.2, -0.15) is 0 Å². The number of rotatable bonds is 4. The van der Waals surface area contributed by atoms with Crippen LogP contribution >= 0.6 is 0 Å². The first-order valence-electron chi connectivity index (χ1n) is 8.55. The van der Waals surface area contributed by atoms with Crippen LogP contribution in [0.15, 0.2) is 23.3 Å². The van der Waals surface area contributed by atoms with Gasteiger partial charge in [0.2, 0.25) is 11.8 Å². The highest BCUT2D eigenvalue weighted by Crippen LogP contribution is 2.24. The topological polar surface area (TPSA) is 70.1 Å². The number of hydrogen-bond donors (Lipinski definition) is 1. The van der Waals surface area contributed by atoms with E-state index in [1.807, 2.05) is 21.9 Å². The van der Waals surface area contributed by atoms with Crippen molar-refractivity contribution in [2.24, 2.45) is 4.99 Å². The number of hydrogen-bond acceptors (Lipinski definition) is 4. The Morgan fingerprint density at radius 3 is 2.76 bits per heavy atom. The zero-order valence-electron chi connectivity index (χ0n) is 16.0. The molecule has 0 atom stereocenters. The molecule has 0 aromatic carbocycles. The lowest BCUT2D eigenvalue weighted by atomic mass is 9.96. The lowest BCUT2D eigenvalue weighted by Gasteiger charge is -2.49. The molecule has 0 bridgehead atoms. The van der Waals surface area contributed by atoms with E-state index in [2.05, 4.69) is 43.0 Å². The maximum atomic E-state index is 12.6. The van der Waals surface area contributed by atoms with E-state index in [-0.39, 0.29) is 17.5 Å². The van der Waals surface area contributed by atoms with Crippen LogP contribution in [0.4, 0.5) is 0 Å². The minimum atomic E-state index is -0.249. The molecule has 0 radical (unpaired) electrons. The first-order valence-corrected chi connectivity index (χ1v) is 8.55. The molecular formula is C18H29N5O2. The van der Waals surface area contributed by atoms with Crippen molar-refractivity contribution in [3.63, 3.8) is 0 Å². The summed E-state index contributed by atoms with van der Waals surface area (Å²) in [6, 6.07) is 3.99. The monoisotopic (exact) mass is 347 g/mol. The number of carbonyl (C=O) groups excluding carboxylic acids is 1. The van der Waals surface area contributed by atoms with Gasteiger partial charge in [-0.05, 0) is 39.3 Å². The van der Waals surface area contributed by atoms with Crippen LogP contribution in [0.1, 0.15) is 33.3 Å². The molecule has 138 valence electrons. The Labute approximate surface area is 150 Å². The first-order chi connectivity index (χ1) is 11.8. The summed E-state index contributed by atoms with van der Waals surface area (Å²) in [5.74, 6) is 1.43. The summed E-state index contributed by atoms with van der Waals surface area (Å²) in [5.41, 5.74) is 0.792. The highest BCUT2D eigenvalue weighted by Gasteiger charge is 2.40. The van der Waals surface area contributed by atoms with Crippen molar-refractivity contribution in [3.05, 3.63) is 23.9 Å². The Bertz CT molecular complexity index is 642. The summed E-state index contributed by atoms with van der Waals surface area (Å²) < 4.78 is 5.15. The molecule has 0 saturated carbocycles. The summed E-state index contributed by atoms with van der Waals surface area (Å²) in [4.78, 5) is 25.1. The highest BCUT2D eigenvalue weighted by atomic mass is 16.5. The normalized spacial score (nSPS) is 17.9. The fourth-order valence-corrected chi connectivity index (χ4v) is 3.50. The van der Waals surface area contributed by atoms with Crippen LogP contribution in [0, 0.1) is 0 Å². The molecule has 7 nitrogen and oxygen atoms in total. The Kier molecular flexibility index (Phi) is 5.87.